The van der Waals surface area contributed by atoms with Crippen molar-refractivity contribution >= 4 is 49.6 Å². The number of hydrogen-bond donors (Lipinski definition) is 0. The summed E-state index contributed by atoms with van der Waals surface area (Å²) in [5.74, 6) is 0.927. The van der Waals surface area contributed by atoms with E-state index in [1.165, 1.54) is 0 Å². The molecule has 0 radical (unpaired) electrons. The quantitative estimate of drug-likeness (QED) is 0.688. The fraction of sp³-hybridized carbons (Fsp3) is 0.125. The third-order valence-electron chi connectivity index (χ3n) is 1.61. The molecule has 0 saturated carbocycles. The fourth-order valence-corrected chi connectivity index (χ4v) is 1.87. The molecule has 4 heteroatoms. The van der Waals surface area contributed by atoms with Gasteiger partial charge in [0.05, 0.1) is 8.96 Å². The second-order valence-corrected chi connectivity index (χ2v) is 4.47. The van der Waals surface area contributed by atoms with Crippen molar-refractivity contribution in [3.05, 3.63) is 26.1 Å². The molecule has 0 aliphatic rings. The number of aromatic nitrogens is 1. The Bertz CT molecular complexity index is 438. The molecule has 62 valence electrons. The van der Waals surface area contributed by atoms with E-state index in [0.29, 0.717) is 5.71 Å². The first-order valence-electron chi connectivity index (χ1n) is 3.38. The van der Waals surface area contributed by atoms with Crippen molar-refractivity contribution in [2.75, 3.05) is 0 Å². The van der Waals surface area contributed by atoms with Crippen LogP contribution >= 0.6 is 38.5 Å². The highest BCUT2D eigenvalue weighted by Crippen LogP contribution is 2.27. The lowest BCUT2D eigenvalue weighted by atomic mass is 10.3. The molecule has 0 amide bonds. The second-order valence-electron chi connectivity index (χ2n) is 2.48. The second kappa shape index (κ2) is 2.99. The van der Waals surface area contributed by atoms with Crippen molar-refractivity contribution in [1.29, 1.82) is 0 Å². The molecule has 0 bridgehead atoms. The van der Waals surface area contributed by atoms with Crippen LogP contribution < -0.4 is 0 Å². The molecule has 0 fully saturated rings. The van der Waals surface area contributed by atoms with Gasteiger partial charge in [-0.3, -0.25) is 0 Å². The standard InChI is InChI=1S/C8H5BrINO/c1-4-7(10)6-2-5(9)3-11-8(6)12-4/h2-3H,1H3. The van der Waals surface area contributed by atoms with Gasteiger partial charge in [-0.1, -0.05) is 0 Å². The highest BCUT2D eigenvalue weighted by molar-refractivity contribution is 14.1. The molecule has 0 N–H and O–H groups in total. The van der Waals surface area contributed by atoms with Gasteiger partial charge in [-0.25, -0.2) is 4.98 Å². The van der Waals surface area contributed by atoms with Crippen LogP contribution in [-0.2, 0) is 0 Å². The zero-order chi connectivity index (χ0) is 8.72. The van der Waals surface area contributed by atoms with Crippen LogP contribution in [0.5, 0.6) is 0 Å². The lowest BCUT2D eigenvalue weighted by Crippen LogP contribution is -1.73. The molecule has 0 aliphatic carbocycles. The molecule has 12 heavy (non-hydrogen) atoms. The Hall–Kier alpha value is -0.100. The van der Waals surface area contributed by atoms with Gasteiger partial charge in [0.15, 0.2) is 0 Å². The normalized spacial score (nSPS) is 10.9. The van der Waals surface area contributed by atoms with Gasteiger partial charge in [0, 0.05) is 10.7 Å². The first kappa shape index (κ1) is 8.50. The predicted octanol–water partition coefficient (Wildman–Crippen LogP) is 3.50. The summed E-state index contributed by atoms with van der Waals surface area (Å²) < 4.78 is 7.53. The van der Waals surface area contributed by atoms with Gasteiger partial charge < -0.3 is 4.42 Å². The molecule has 2 rings (SSSR count). The lowest BCUT2D eigenvalue weighted by Gasteiger charge is -1.88. The average Bonchev–Trinajstić information content (AvgIpc) is 2.31. The van der Waals surface area contributed by atoms with E-state index >= 15 is 0 Å². The lowest BCUT2D eigenvalue weighted by molar-refractivity contribution is 0.565. The van der Waals surface area contributed by atoms with Crippen molar-refractivity contribution in [3.63, 3.8) is 0 Å². The number of furan rings is 1. The van der Waals surface area contributed by atoms with Crippen LogP contribution in [0.15, 0.2) is 21.2 Å². The SMILES string of the molecule is Cc1oc2ncc(Br)cc2c1I. The van der Waals surface area contributed by atoms with Crippen molar-refractivity contribution in [2.24, 2.45) is 0 Å². The Kier molecular flexibility index (Phi) is 2.12. The van der Waals surface area contributed by atoms with Gasteiger partial charge in [-0.15, -0.1) is 0 Å². The van der Waals surface area contributed by atoms with Crippen molar-refractivity contribution < 1.29 is 4.42 Å². The predicted molar refractivity (Wildman–Crippen MR) is 59.2 cm³/mol. The summed E-state index contributed by atoms with van der Waals surface area (Å²) in [6.45, 7) is 1.94. The van der Waals surface area contributed by atoms with Gasteiger partial charge in [-0.2, -0.15) is 0 Å². The molecule has 0 saturated heterocycles. The van der Waals surface area contributed by atoms with Crippen LogP contribution in [0.2, 0.25) is 0 Å². The van der Waals surface area contributed by atoms with Crippen molar-refractivity contribution in [3.8, 4) is 0 Å². The van der Waals surface area contributed by atoms with Gasteiger partial charge in [0.2, 0.25) is 5.71 Å². The molecule has 0 spiro atoms. The topological polar surface area (TPSA) is 26.0 Å². The Labute approximate surface area is 91.6 Å². The maximum absolute atomic E-state index is 5.41. The summed E-state index contributed by atoms with van der Waals surface area (Å²) >= 11 is 5.63. The number of nitrogens with zero attached hydrogens (tertiary/aromatic N) is 1. The molecule has 0 aromatic carbocycles. The van der Waals surface area contributed by atoms with E-state index < -0.39 is 0 Å². The smallest absolute Gasteiger partial charge is 0.227 e. The van der Waals surface area contributed by atoms with E-state index in [1.807, 2.05) is 13.0 Å². The summed E-state index contributed by atoms with van der Waals surface area (Å²) in [5, 5.41) is 1.07. The van der Waals surface area contributed by atoms with E-state index in [1.54, 1.807) is 6.20 Å². The highest BCUT2D eigenvalue weighted by atomic mass is 127. The molecule has 2 nitrogen and oxygen atoms in total. The summed E-state index contributed by atoms with van der Waals surface area (Å²) in [6.07, 6.45) is 1.74. The number of aryl methyl sites for hydroxylation is 1. The third kappa shape index (κ3) is 1.26. The molecule has 0 unspecified atom stereocenters. The molecule has 0 atom stereocenters. The molecule has 0 aliphatic heterocycles. The van der Waals surface area contributed by atoms with E-state index in [9.17, 15) is 0 Å². The molecular formula is C8H5BrINO. The molecule has 2 aromatic rings. The number of hydrogen-bond acceptors (Lipinski definition) is 2. The number of rotatable bonds is 0. The number of fused-ring (bicyclic) bond motifs is 1. The van der Waals surface area contributed by atoms with Gasteiger partial charge in [-0.05, 0) is 51.5 Å². The Balaban J connectivity index is 2.88. The van der Waals surface area contributed by atoms with Gasteiger partial charge in [0.1, 0.15) is 5.76 Å². The van der Waals surface area contributed by atoms with Crippen LogP contribution in [0, 0.1) is 10.5 Å². The van der Waals surface area contributed by atoms with E-state index in [2.05, 4.69) is 43.5 Å². The van der Waals surface area contributed by atoms with Crippen LogP contribution in [0.4, 0.5) is 0 Å². The van der Waals surface area contributed by atoms with Crippen molar-refractivity contribution in [1.82, 2.24) is 4.98 Å². The van der Waals surface area contributed by atoms with Crippen LogP contribution in [0.3, 0.4) is 0 Å². The summed E-state index contributed by atoms with van der Waals surface area (Å²) in [7, 11) is 0. The minimum atomic E-state index is 0.708. The summed E-state index contributed by atoms with van der Waals surface area (Å²) in [6, 6.07) is 2.01. The average molecular weight is 338 g/mol. The highest BCUT2D eigenvalue weighted by Gasteiger charge is 2.08. The minimum Gasteiger partial charge on any atom is -0.442 e. The number of halogens is 2. The van der Waals surface area contributed by atoms with E-state index in [0.717, 1.165) is 19.2 Å². The fourth-order valence-electron chi connectivity index (χ4n) is 1.04. The van der Waals surface area contributed by atoms with Crippen molar-refractivity contribution in [2.45, 2.75) is 6.92 Å². The molecular weight excluding hydrogens is 333 g/mol. The Morgan fingerprint density at radius 3 is 3.08 bits per heavy atom. The first-order valence-corrected chi connectivity index (χ1v) is 5.26. The Morgan fingerprint density at radius 2 is 2.33 bits per heavy atom. The maximum Gasteiger partial charge on any atom is 0.227 e. The van der Waals surface area contributed by atoms with E-state index in [-0.39, 0.29) is 0 Å². The zero-order valence-corrected chi connectivity index (χ0v) is 10.0. The molecule has 2 heterocycles. The summed E-state index contributed by atoms with van der Waals surface area (Å²) in [5.41, 5.74) is 0.708. The maximum atomic E-state index is 5.41. The van der Waals surface area contributed by atoms with Crippen LogP contribution in [-0.4, -0.2) is 4.98 Å². The molecule has 2 aromatic heterocycles. The van der Waals surface area contributed by atoms with Crippen LogP contribution in [0.25, 0.3) is 11.1 Å². The third-order valence-corrected chi connectivity index (χ3v) is 3.39. The number of pyridine rings is 1. The zero-order valence-electron chi connectivity index (χ0n) is 6.27. The monoisotopic (exact) mass is 337 g/mol. The largest absolute Gasteiger partial charge is 0.442 e. The summed E-state index contributed by atoms with van der Waals surface area (Å²) in [4.78, 5) is 4.14. The minimum absolute atomic E-state index is 0.708. The first-order chi connectivity index (χ1) is 5.68. The van der Waals surface area contributed by atoms with Crippen LogP contribution in [0.1, 0.15) is 5.76 Å². The van der Waals surface area contributed by atoms with Gasteiger partial charge in [0.25, 0.3) is 0 Å². The van der Waals surface area contributed by atoms with Gasteiger partial charge >= 0.3 is 0 Å². The Morgan fingerprint density at radius 1 is 1.58 bits per heavy atom. The van der Waals surface area contributed by atoms with E-state index in [4.69, 9.17) is 4.42 Å².